The second kappa shape index (κ2) is 6.04. The lowest BCUT2D eigenvalue weighted by atomic mass is 9.93. The standard InChI is InChI=1S/C16H23ClN2O/c1-4-8-18-14-6-5-12(17)10-13(14)15(20)19-9-7-16(2,3)11-19/h5-6,10,18H,4,7-9,11H2,1-3H3. The van der Waals surface area contributed by atoms with E-state index in [9.17, 15) is 4.79 Å². The summed E-state index contributed by atoms with van der Waals surface area (Å²) in [6.07, 6.45) is 2.07. The maximum absolute atomic E-state index is 12.7. The molecule has 1 aliphatic heterocycles. The van der Waals surface area contributed by atoms with Gasteiger partial charge in [0, 0.05) is 30.3 Å². The highest BCUT2D eigenvalue weighted by Gasteiger charge is 2.33. The van der Waals surface area contributed by atoms with Crippen LogP contribution in [0.5, 0.6) is 0 Å². The first kappa shape index (κ1) is 15.2. The molecule has 1 aliphatic rings. The fraction of sp³-hybridized carbons (Fsp3) is 0.562. The Kier molecular flexibility index (Phi) is 4.59. The summed E-state index contributed by atoms with van der Waals surface area (Å²) in [6.45, 7) is 9.00. The van der Waals surface area contributed by atoms with Gasteiger partial charge in [-0.25, -0.2) is 0 Å². The number of halogens is 1. The largest absolute Gasteiger partial charge is 0.384 e. The molecule has 0 spiro atoms. The van der Waals surface area contributed by atoms with Gasteiger partial charge in [0.2, 0.25) is 0 Å². The fourth-order valence-corrected chi connectivity index (χ4v) is 2.74. The Labute approximate surface area is 126 Å². The van der Waals surface area contributed by atoms with Gasteiger partial charge >= 0.3 is 0 Å². The SMILES string of the molecule is CCCNc1ccc(Cl)cc1C(=O)N1CCC(C)(C)C1. The van der Waals surface area contributed by atoms with E-state index < -0.39 is 0 Å². The Morgan fingerprint density at radius 1 is 1.45 bits per heavy atom. The van der Waals surface area contributed by atoms with Crippen molar-refractivity contribution in [3.63, 3.8) is 0 Å². The van der Waals surface area contributed by atoms with E-state index in [2.05, 4.69) is 26.1 Å². The van der Waals surface area contributed by atoms with Crippen LogP contribution in [-0.4, -0.2) is 30.4 Å². The molecule has 0 saturated carbocycles. The van der Waals surface area contributed by atoms with Gasteiger partial charge in [0.1, 0.15) is 0 Å². The molecule has 0 aliphatic carbocycles. The molecule has 4 heteroatoms. The molecule has 20 heavy (non-hydrogen) atoms. The maximum atomic E-state index is 12.7. The van der Waals surface area contributed by atoms with Gasteiger partial charge in [-0.05, 0) is 36.5 Å². The van der Waals surface area contributed by atoms with Gasteiger partial charge in [-0.1, -0.05) is 32.4 Å². The van der Waals surface area contributed by atoms with Crippen molar-refractivity contribution < 1.29 is 4.79 Å². The van der Waals surface area contributed by atoms with Crippen LogP contribution in [0.4, 0.5) is 5.69 Å². The van der Waals surface area contributed by atoms with Crippen LogP contribution >= 0.6 is 11.6 Å². The van der Waals surface area contributed by atoms with Gasteiger partial charge < -0.3 is 10.2 Å². The highest BCUT2D eigenvalue weighted by molar-refractivity contribution is 6.31. The lowest BCUT2D eigenvalue weighted by molar-refractivity contribution is 0.0779. The summed E-state index contributed by atoms with van der Waals surface area (Å²) >= 11 is 6.06. The summed E-state index contributed by atoms with van der Waals surface area (Å²) < 4.78 is 0. The molecule has 110 valence electrons. The molecule has 1 aromatic carbocycles. The molecule has 2 rings (SSSR count). The molecular weight excluding hydrogens is 272 g/mol. The van der Waals surface area contributed by atoms with Crippen LogP contribution in [-0.2, 0) is 0 Å². The third-order valence-electron chi connectivity index (χ3n) is 3.74. The van der Waals surface area contributed by atoms with Crippen LogP contribution in [0.1, 0.15) is 44.0 Å². The molecule has 1 amide bonds. The molecule has 1 heterocycles. The van der Waals surface area contributed by atoms with Crippen LogP contribution in [0.3, 0.4) is 0 Å². The highest BCUT2D eigenvalue weighted by atomic mass is 35.5. The van der Waals surface area contributed by atoms with E-state index in [-0.39, 0.29) is 11.3 Å². The second-order valence-corrected chi connectivity index (χ2v) is 6.69. The molecule has 1 fully saturated rings. The Hall–Kier alpha value is -1.22. The number of likely N-dealkylation sites (tertiary alicyclic amines) is 1. The number of benzene rings is 1. The number of carbonyl (C=O) groups is 1. The van der Waals surface area contributed by atoms with Gasteiger partial charge in [0.05, 0.1) is 5.56 Å². The zero-order chi connectivity index (χ0) is 14.8. The lowest BCUT2D eigenvalue weighted by Gasteiger charge is -2.21. The predicted molar refractivity (Wildman–Crippen MR) is 84.5 cm³/mol. The number of nitrogens with one attached hydrogen (secondary N) is 1. The molecule has 1 N–H and O–H groups in total. The van der Waals surface area contributed by atoms with Crippen molar-refractivity contribution in [2.24, 2.45) is 5.41 Å². The van der Waals surface area contributed by atoms with E-state index >= 15 is 0 Å². The first-order chi connectivity index (χ1) is 9.43. The Bertz CT molecular complexity index is 499. The minimum absolute atomic E-state index is 0.0803. The number of carbonyl (C=O) groups excluding carboxylic acids is 1. The third kappa shape index (κ3) is 3.45. The average Bonchev–Trinajstić information content (AvgIpc) is 2.77. The van der Waals surface area contributed by atoms with Crippen molar-refractivity contribution in [1.82, 2.24) is 4.90 Å². The highest BCUT2D eigenvalue weighted by Crippen LogP contribution is 2.31. The predicted octanol–water partition coefficient (Wildman–Crippen LogP) is 4.03. The van der Waals surface area contributed by atoms with Gasteiger partial charge in [0.15, 0.2) is 0 Å². The number of rotatable bonds is 4. The summed E-state index contributed by atoms with van der Waals surface area (Å²) in [5.41, 5.74) is 1.78. The smallest absolute Gasteiger partial charge is 0.256 e. The van der Waals surface area contributed by atoms with Crippen molar-refractivity contribution in [2.75, 3.05) is 25.0 Å². The molecule has 0 radical (unpaired) electrons. The summed E-state index contributed by atoms with van der Waals surface area (Å²) in [6, 6.07) is 5.49. The number of anilines is 1. The summed E-state index contributed by atoms with van der Waals surface area (Å²) in [5.74, 6) is 0.0803. The molecule has 1 saturated heterocycles. The topological polar surface area (TPSA) is 32.3 Å². The molecule has 0 aromatic heterocycles. The lowest BCUT2D eigenvalue weighted by Crippen LogP contribution is -2.30. The molecule has 0 atom stereocenters. The quantitative estimate of drug-likeness (QED) is 0.909. The van der Waals surface area contributed by atoms with Gasteiger partial charge in [-0.2, -0.15) is 0 Å². The van der Waals surface area contributed by atoms with E-state index in [0.29, 0.717) is 10.6 Å². The maximum Gasteiger partial charge on any atom is 0.256 e. The first-order valence-electron chi connectivity index (χ1n) is 7.25. The number of hydrogen-bond acceptors (Lipinski definition) is 2. The Morgan fingerprint density at radius 2 is 2.20 bits per heavy atom. The normalized spacial score (nSPS) is 17.3. The summed E-state index contributed by atoms with van der Waals surface area (Å²) in [7, 11) is 0. The van der Waals surface area contributed by atoms with Crippen LogP contribution in [0.2, 0.25) is 5.02 Å². The number of hydrogen-bond donors (Lipinski definition) is 1. The first-order valence-corrected chi connectivity index (χ1v) is 7.63. The summed E-state index contributed by atoms with van der Waals surface area (Å²) in [5, 5.41) is 3.91. The zero-order valence-electron chi connectivity index (χ0n) is 12.5. The molecule has 3 nitrogen and oxygen atoms in total. The molecule has 0 unspecified atom stereocenters. The van der Waals surface area contributed by atoms with Gasteiger partial charge in [-0.15, -0.1) is 0 Å². The van der Waals surface area contributed by atoms with Gasteiger partial charge in [-0.3, -0.25) is 4.79 Å². The average molecular weight is 295 g/mol. The summed E-state index contributed by atoms with van der Waals surface area (Å²) in [4.78, 5) is 14.6. The van der Waals surface area contributed by atoms with E-state index in [1.54, 1.807) is 6.07 Å². The van der Waals surface area contributed by atoms with E-state index in [1.807, 2.05) is 17.0 Å². The van der Waals surface area contributed by atoms with E-state index in [0.717, 1.165) is 38.2 Å². The molecule has 0 bridgehead atoms. The molecule has 1 aromatic rings. The minimum Gasteiger partial charge on any atom is -0.384 e. The van der Waals surface area contributed by atoms with Crippen LogP contribution in [0.25, 0.3) is 0 Å². The third-order valence-corrected chi connectivity index (χ3v) is 3.98. The van der Waals surface area contributed by atoms with Crippen LogP contribution in [0, 0.1) is 5.41 Å². The van der Waals surface area contributed by atoms with Crippen LogP contribution < -0.4 is 5.32 Å². The van der Waals surface area contributed by atoms with Crippen molar-refractivity contribution in [2.45, 2.75) is 33.6 Å². The van der Waals surface area contributed by atoms with Crippen molar-refractivity contribution in [3.8, 4) is 0 Å². The van der Waals surface area contributed by atoms with E-state index in [1.165, 1.54) is 0 Å². The second-order valence-electron chi connectivity index (χ2n) is 6.26. The van der Waals surface area contributed by atoms with E-state index in [4.69, 9.17) is 11.6 Å². The number of nitrogens with zero attached hydrogens (tertiary/aromatic N) is 1. The fourth-order valence-electron chi connectivity index (χ4n) is 2.56. The van der Waals surface area contributed by atoms with Crippen LogP contribution in [0.15, 0.2) is 18.2 Å². The van der Waals surface area contributed by atoms with Crippen molar-refractivity contribution >= 4 is 23.2 Å². The van der Waals surface area contributed by atoms with Crippen molar-refractivity contribution in [1.29, 1.82) is 0 Å². The van der Waals surface area contributed by atoms with Crippen molar-refractivity contribution in [3.05, 3.63) is 28.8 Å². The Morgan fingerprint density at radius 3 is 2.80 bits per heavy atom. The number of amides is 1. The minimum atomic E-state index is 0.0803. The monoisotopic (exact) mass is 294 g/mol. The Balaban J connectivity index is 2.22. The van der Waals surface area contributed by atoms with Gasteiger partial charge in [0.25, 0.3) is 5.91 Å². The zero-order valence-corrected chi connectivity index (χ0v) is 13.3. The molecular formula is C16H23ClN2O.